The maximum absolute atomic E-state index is 4.61. The van der Waals surface area contributed by atoms with Crippen LogP contribution in [-0.2, 0) is 0 Å². The van der Waals surface area contributed by atoms with Crippen LogP contribution in [0.15, 0.2) is 18.7 Å². The monoisotopic (exact) mass is 218 g/mol. The second-order valence-electron chi connectivity index (χ2n) is 3.92. The molecule has 1 aromatic rings. The number of anilines is 2. The van der Waals surface area contributed by atoms with Gasteiger partial charge in [-0.15, -0.1) is 0 Å². The molecule has 0 atom stereocenters. The van der Waals surface area contributed by atoms with E-state index in [0.29, 0.717) is 0 Å². The van der Waals surface area contributed by atoms with Crippen LogP contribution in [0, 0.1) is 0 Å². The molecule has 0 amide bonds. The molecule has 0 aromatic carbocycles. The molecule has 0 saturated carbocycles. The molecule has 0 spiro atoms. The number of nitrogens with one attached hydrogen (secondary N) is 2. The molecule has 2 N–H and O–H groups in total. The summed E-state index contributed by atoms with van der Waals surface area (Å²) in [5, 5.41) is 6.51. The number of fused-ring (bicyclic) bond motifs is 1. The van der Waals surface area contributed by atoms with Gasteiger partial charge in [-0.1, -0.05) is 6.58 Å². The molecule has 0 aliphatic carbocycles. The van der Waals surface area contributed by atoms with Gasteiger partial charge in [-0.3, -0.25) is 0 Å². The molecule has 2 rings (SSSR count). The minimum atomic E-state index is 0.884. The van der Waals surface area contributed by atoms with E-state index >= 15 is 0 Å². The van der Waals surface area contributed by atoms with Gasteiger partial charge in [0.25, 0.3) is 0 Å². The molecule has 0 saturated heterocycles. The maximum atomic E-state index is 4.61. The molecule has 2 heterocycles. The van der Waals surface area contributed by atoms with Crippen LogP contribution in [0.2, 0.25) is 0 Å². The SMILES string of the molecule is C=C1NCCN(C)c2nc(NCC)ccc21. The smallest absolute Gasteiger partial charge is 0.140 e. The van der Waals surface area contributed by atoms with Crippen molar-refractivity contribution in [1.82, 2.24) is 10.3 Å². The number of pyridine rings is 1. The summed E-state index contributed by atoms with van der Waals surface area (Å²) in [5.74, 6) is 1.91. The van der Waals surface area contributed by atoms with Gasteiger partial charge in [-0.25, -0.2) is 4.98 Å². The Hall–Kier alpha value is -1.71. The standard InChI is InChI=1S/C12H18N4/c1-4-13-11-6-5-10-9(2)14-7-8-16(3)12(10)15-11/h5-6,14H,2,4,7-8H2,1,3H3,(H,13,15). The lowest BCUT2D eigenvalue weighted by Gasteiger charge is -2.18. The van der Waals surface area contributed by atoms with Crippen molar-refractivity contribution in [2.24, 2.45) is 0 Å². The summed E-state index contributed by atoms with van der Waals surface area (Å²) in [7, 11) is 2.06. The van der Waals surface area contributed by atoms with E-state index in [1.54, 1.807) is 0 Å². The first-order valence-electron chi connectivity index (χ1n) is 5.61. The fourth-order valence-electron chi connectivity index (χ4n) is 1.83. The third-order valence-corrected chi connectivity index (χ3v) is 2.71. The molecular weight excluding hydrogens is 200 g/mol. The van der Waals surface area contributed by atoms with E-state index in [9.17, 15) is 0 Å². The van der Waals surface area contributed by atoms with Crippen molar-refractivity contribution >= 4 is 17.3 Å². The van der Waals surface area contributed by atoms with Crippen LogP contribution in [-0.4, -0.2) is 31.7 Å². The zero-order valence-electron chi connectivity index (χ0n) is 9.88. The fraction of sp³-hybridized carbons (Fsp3) is 0.417. The normalized spacial score (nSPS) is 15.1. The molecule has 0 unspecified atom stereocenters. The average molecular weight is 218 g/mol. The Labute approximate surface area is 96.4 Å². The molecule has 4 nitrogen and oxygen atoms in total. The summed E-state index contributed by atoms with van der Waals surface area (Å²) in [4.78, 5) is 6.76. The van der Waals surface area contributed by atoms with Crippen molar-refractivity contribution in [1.29, 1.82) is 0 Å². The zero-order chi connectivity index (χ0) is 11.5. The average Bonchev–Trinajstić information content (AvgIpc) is 2.41. The molecule has 4 heteroatoms. The minimum absolute atomic E-state index is 0.884. The summed E-state index contributed by atoms with van der Waals surface area (Å²) in [6, 6.07) is 4.06. The summed E-state index contributed by atoms with van der Waals surface area (Å²) in [6.45, 7) is 8.82. The third-order valence-electron chi connectivity index (χ3n) is 2.71. The lowest BCUT2D eigenvalue weighted by atomic mass is 10.2. The van der Waals surface area contributed by atoms with E-state index in [1.165, 1.54) is 0 Å². The van der Waals surface area contributed by atoms with Crippen molar-refractivity contribution in [2.75, 3.05) is 36.9 Å². The van der Waals surface area contributed by atoms with Crippen molar-refractivity contribution in [3.05, 3.63) is 24.3 Å². The molecule has 0 radical (unpaired) electrons. The molecule has 1 aromatic heterocycles. The highest BCUT2D eigenvalue weighted by Gasteiger charge is 2.16. The van der Waals surface area contributed by atoms with Crippen LogP contribution in [0.25, 0.3) is 5.70 Å². The van der Waals surface area contributed by atoms with E-state index in [0.717, 1.165) is 42.5 Å². The number of hydrogen-bond donors (Lipinski definition) is 2. The predicted octanol–water partition coefficient (Wildman–Crippen LogP) is 1.52. The van der Waals surface area contributed by atoms with Crippen molar-refractivity contribution < 1.29 is 0 Å². The highest BCUT2D eigenvalue weighted by Crippen LogP contribution is 2.25. The second-order valence-corrected chi connectivity index (χ2v) is 3.92. The van der Waals surface area contributed by atoms with Crippen molar-refractivity contribution in [3.63, 3.8) is 0 Å². The second kappa shape index (κ2) is 4.43. The largest absolute Gasteiger partial charge is 0.383 e. The fourth-order valence-corrected chi connectivity index (χ4v) is 1.83. The highest BCUT2D eigenvalue weighted by molar-refractivity contribution is 5.74. The molecule has 86 valence electrons. The minimum Gasteiger partial charge on any atom is -0.383 e. The summed E-state index contributed by atoms with van der Waals surface area (Å²) >= 11 is 0. The lowest BCUT2D eigenvalue weighted by molar-refractivity contribution is 0.822. The van der Waals surface area contributed by atoms with Crippen LogP contribution in [0.1, 0.15) is 12.5 Å². The van der Waals surface area contributed by atoms with E-state index in [2.05, 4.69) is 47.1 Å². The first-order chi connectivity index (χ1) is 7.72. The summed E-state index contributed by atoms with van der Waals surface area (Å²) < 4.78 is 0. The topological polar surface area (TPSA) is 40.2 Å². The third kappa shape index (κ3) is 1.96. The van der Waals surface area contributed by atoms with Crippen LogP contribution < -0.4 is 15.5 Å². The Kier molecular flexibility index (Phi) is 2.99. The van der Waals surface area contributed by atoms with Crippen LogP contribution in [0.4, 0.5) is 11.6 Å². The van der Waals surface area contributed by atoms with Gasteiger partial charge >= 0.3 is 0 Å². The van der Waals surface area contributed by atoms with Gasteiger partial charge in [-0.2, -0.15) is 0 Å². The Balaban J connectivity index is 2.41. The zero-order valence-corrected chi connectivity index (χ0v) is 9.88. The van der Waals surface area contributed by atoms with Gasteiger partial charge in [0.15, 0.2) is 0 Å². The van der Waals surface area contributed by atoms with Crippen LogP contribution >= 0.6 is 0 Å². The molecule has 0 fully saturated rings. The van der Waals surface area contributed by atoms with E-state index in [4.69, 9.17) is 0 Å². The lowest BCUT2D eigenvalue weighted by Crippen LogP contribution is -2.25. The van der Waals surface area contributed by atoms with Crippen LogP contribution in [0.3, 0.4) is 0 Å². The first-order valence-corrected chi connectivity index (χ1v) is 5.61. The first kappa shape index (κ1) is 10.8. The van der Waals surface area contributed by atoms with Gasteiger partial charge in [0.1, 0.15) is 11.6 Å². The van der Waals surface area contributed by atoms with E-state index < -0.39 is 0 Å². The Morgan fingerprint density at radius 1 is 1.56 bits per heavy atom. The van der Waals surface area contributed by atoms with E-state index in [-0.39, 0.29) is 0 Å². The molecule has 1 aliphatic rings. The van der Waals surface area contributed by atoms with Gasteiger partial charge in [0.2, 0.25) is 0 Å². The number of aromatic nitrogens is 1. The van der Waals surface area contributed by atoms with Gasteiger partial charge in [-0.05, 0) is 19.1 Å². The Morgan fingerprint density at radius 2 is 2.38 bits per heavy atom. The summed E-state index contributed by atoms with van der Waals surface area (Å²) in [6.07, 6.45) is 0. The maximum Gasteiger partial charge on any atom is 0.140 e. The number of likely N-dealkylation sites (N-methyl/N-ethyl adjacent to an activating group) is 1. The van der Waals surface area contributed by atoms with Gasteiger partial charge in [0, 0.05) is 37.9 Å². The Morgan fingerprint density at radius 3 is 3.12 bits per heavy atom. The quantitative estimate of drug-likeness (QED) is 0.789. The van der Waals surface area contributed by atoms with Gasteiger partial charge in [0.05, 0.1) is 0 Å². The number of rotatable bonds is 2. The number of nitrogens with zero attached hydrogens (tertiary/aromatic N) is 2. The van der Waals surface area contributed by atoms with E-state index in [1.807, 2.05) is 6.07 Å². The molecule has 0 bridgehead atoms. The molecule has 16 heavy (non-hydrogen) atoms. The van der Waals surface area contributed by atoms with Gasteiger partial charge < -0.3 is 15.5 Å². The summed E-state index contributed by atoms with van der Waals surface area (Å²) in [5.41, 5.74) is 2.04. The van der Waals surface area contributed by atoms with Crippen molar-refractivity contribution in [2.45, 2.75) is 6.92 Å². The Bertz CT molecular complexity index is 400. The predicted molar refractivity (Wildman–Crippen MR) is 68.7 cm³/mol. The molecule has 1 aliphatic heterocycles. The molecular formula is C12H18N4. The van der Waals surface area contributed by atoms with Crippen LogP contribution in [0.5, 0.6) is 0 Å². The highest BCUT2D eigenvalue weighted by atomic mass is 15.2. The van der Waals surface area contributed by atoms with Crippen molar-refractivity contribution in [3.8, 4) is 0 Å². The number of hydrogen-bond acceptors (Lipinski definition) is 4.